The van der Waals surface area contributed by atoms with Crippen molar-refractivity contribution in [2.24, 2.45) is 28.6 Å². The van der Waals surface area contributed by atoms with Crippen molar-refractivity contribution in [2.75, 3.05) is 6.61 Å². The zero-order valence-electron chi connectivity index (χ0n) is 15.0. The van der Waals surface area contributed by atoms with Crippen LogP contribution in [0.1, 0.15) is 59.3 Å². The van der Waals surface area contributed by atoms with Gasteiger partial charge >= 0.3 is 11.9 Å². The van der Waals surface area contributed by atoms with Gasteiger partial charge in [0.1, 0.15) is 6.10 Å². The number of hydrogen-bond acceptors (Lipinski definition) is 4. The number of carbonyl (C=O) groups excluding carboxylic acids is 2. The van der Waals surface area contributed by atoms with E-state index in [2.05, 4.69) is 26.8 Å². The van der Waals surface area contributed by atoms with Gasteiger partial charge in [-0.15, -0.1) is 0 Å². The molecular formula is C20H28O4. The molecular weight excluding hydrogens is 304 g/mol. The van der Waals surface area contributed by atoms with E-state index in [4.69, 9.17) is 9.47 Å². The van der Waals surface area contributed by atoms with E-state index in [1.807, 2.05) is 0 Å². The van der Waals surface area contributed by atoms with Crippen LogP contribution in [0.2, 0.25) is 0 Å². The van der Waals surface area contributed by atoms with Gasteiger partial charge < -0.3 is 9.47 Å². The molecule has 0 N–H and O–H groups in total. The van der Waals surface area contributed by atoms with Gasteiger partial charge in [0.25, 0.3) is 0 Å². The molecule has 1 saturated carbocycles. The lowest BCUT2D eigenvalue weighted by Crippen LogP contribution is -2.54. The second-order valence-corrected chi connectivity index (χ2v) is 8.76. The topological polar surface area (TPSA) is 52.6 Å². The van der Waals surface area contributed by atoms with E-state index in [0.717, 1.165) is 44.1 Å². The summed E-state index contributed by atoms with van der Waals surface area (Å²) in [6.45, 7) is 7.51. The van der Waals surface area contributed by atoms with Crippen molar-refractivity contribution >= 4 is 11.9 Å². The number of esters is 2. The zero-order chi connectivity index (χ0) is 17.1. The lowest BCUT2D eigenvalue weighted by Gasteiger charge is -2.57. The summed E-state index contributed by atoms with van der Waals surface area (Å²) in [6.07, 6.45) is 7.95. The van der Waals surface area contributed by atoms with Crippen LogP contribution in [0.15, 0.2) is 11.6 Å². The third-order valence-electron chi connectivity index (χ3n) is 7.81. The summed E-state index contributed by atoms with van der Waals surface area (Å²) in [4.78, 5) is 24.2. The number of allylic oxidation sites excluding steroid dienone is 1. The number of carbonyl (C=O) groups is 2. The lowest BCUT2D eigenvalue weighted by molar-refractivity contribution is -0.150. The van der Waals surface area contributed by atoms with Gasteiger partial charge in [0.2, 0.25) is 0 Å². The largest absolute Gasteiger partial charge is 0.465 e. The SMILES string of the molecule is C[C@@H]1C[C@H]2OC(=O)C3=CCC[C@H]([C@@]1(C)CC[C@H]1CCOC1=O)[C@]32C. The van der Waals surface area contributed by atoms with Gasteiger partial charge in [-0.05, 0) is 55.8 Å². The summed E-state index contributed by atoms with van der Waals surface area (Å²) >= 11 is 0. The van der Waals surface area contributed by atoms with E-state index in [-0.39, 0.29) is 34.8 Å². The molecule has 0 aromatic rings. The molecule has 2 saturated heterocycles. The Labute approximate surface area is 144 Å². The average molecular weight is 332 g/mol. The Hall–Kier alpha value is -1.32. The first kappa shape index (κ1) is 16.2. The van der Waals surface area contributed by atoms with Gasteiger partial charge in [0.15, 0.2) is 0 Å². The van der Waals surface area contributed by atoms with Gasteiger partial charge in [-0.3, -0.25) is 4.79 Å². The molecule has 6 atom stereocenters. The Kier molecular flexibility index (Phi) is 3.59. The van der Waals surface area contributed by atoms with Gasteiger partial charge in [-0.1, -0.05) is 26.8 Å². The Morgan fingerprint density at radius 1 is 1.25 bits per heavy atom. The van der Waals surface area contributed by atoms with E-state index >= 15 is 0 Å². The third kappa shape index (κ3) is 2.04. The molecule has 0 aromatic heterocycles. The highest BCUT2D eigenvalue weighted by atomic mass is 16.6. The summed E-state index contributed by atoms with van der Waals surface area (Å²) in [5.74, 6) is 0.892. The summed E-state index contributed by atoms with van der Waals surface area (Å²) in [6, 6.07) is 0. The Morgan fingerprint density at radius 2 is 2.04 bits per heavy atom. The van der Waals surface area contributed by atoms with Crippen molar-refractivity contribution in [1.82, 2.24) is 0 Å². The molecule has 0 radical (unpaired) electrons. The number of ether oxygens (including phenoxy) is 2. The molecule has 132 valence electrons. The van der Waals surface area contributed by atoms with Gasteiger partial charge in [0, 0.05) is 11.0 Å². The fourth-order valence-corrected chi connectivity index (χ4v) is 6.06. The molecule has 0 unspecified atom stereocenters. The van der Waals surface area contributed by atoms with E-state index in [0.29, 0.717) is 18.4 Å². The zero-order valence-corrected chi connectivity index (χ0v) is 15.0. The molecule has 0 spiro atoms. The highest BCUT2D eigenvalue weighted by Gasteiger charge is 2.64. The first-order chi connectivity index (χ1) is 11.4. The van der Waals surface area contributed by atoms with Crippen molar-refractivity contribution in [1.29, 1.82) is 0 Å². The molecule has 3 fully saturated rings. The maximum absolute atomic E-state index is 12.3. The van der Waals surface area contributed by atoms with Gasteiger partial charge in [-0.2, -0.15) is 0 Å². The normalized spacial score (nSPS) is 47.0. The first-order valence-electron chi connectivity index (χ1n) is 9.45. The molecule has 4 heteroatoms. The second-order valence-electron chi connectivity index (χ2n) is 8.76. The highest BCUT2D eigenvalue weighted by molar-refractivity contribution is 5.93. The van der Waals surface area contributed by atoms with Crippen molar-refractivity contribution in [3.63, 3.8) is 0 Å². The van der Waals surface area contributed by atoms with Crippen LogP contribution >= 0.6 is 0 Å². The Bertz CT molecular complexity index is 609. The maximum atomic E-state index is 12.3. The maximum Gasteiger partial charge on any atom is 0.334 e. The molecule has 2 aliphatic carbocycles. The van der Waals surface area contributed by atoms with Crippen LogP contribution in [-0.2, 0) is 19.1 Å². The summed E-state index contributed by atoms with van der Waals surface area (Å²) in [5.41, 5.74) is 0.913. The molecule has 0 amide bonds. The quantitative estimate of drug-likeness (QED) is 0.740. The molecule has 4 nitrogen and oxygen atoms in total. The molecule has 4 rings (SSSR count). The predicted octanol–water partition coefficient (Wildman–Crippen LogP) is 3.64. The summed E-state index contributed by atoms with van der Waals surface area (Å²) in [7, 11) is 0. The van der Waals surface area contributed by atoms with Crippen molar-refractivity contribution in [3.8, 4) is 0 Å². The molecule has 0 bridgehead atoms. The van der Waals surface area contributed by atoms with Crippen LogP contribution in [0.4, 0.5) is 0 Å². The number of rotatable bonds is 3. The Balaban J connectivity index is 1.62. The smallest absolute Gasteiger partial charge is 0.334 e. The third-order valence-corrected chi connectivity index (χ3v) is 7.81. The highest BCUT2D eigenvalue weighted by Crippen LogP contribution is 2.65. The number of cyclic esters (lactones) is 1. The minimum Gasteiger partial charge on any atom is -0.465 e. The molecule has 24 heavy (non-hydrogen) atoms. The molecule has 2 heterocycles. The summed E-state index contributed by atoms with van der Waals surface area (Å²) < 4.78 is 10.9. The van der Waals surface area contributed by atoms with Crippen LogP contribution < -0.4 is 0 Å². The van der Waals surface area contributed by atoms with E-state index < -0.39 is 0 Å². The van der Waals surface area contributed by atoms with Crippen LogP contribution in [0, 0.1) is 28.6 Å². The van der Waals surface area contributed by atoms with Crippen LogP contribution in [0.5, 0.6) is 0 Å². The van der Waals surface area contributed by atoms with Crippen LogP contribution in [-0.4, -0.2) is 24.6 Å². The minimum absolute atomic E-state index is 0.0187. The van der Waals surface area contributed by atoms with Crippen molar-refractivity contribution < 1.29 is 19.1 Å². The van der Waals surface area contributed by atoms with Crippen molar-refractivity contribution in [2.45, 2.75) is 65.4 Å². The second kappa shape index (κ2) is 5.34. The fourth-order valence-electron chi connectivity index (χ4n) is 6.06. The van der Waals surface area contributed by atoms with Gasteiger partial charge in [-0.25, -0.2) is 4.79 Å². The van der Waals surface area contributed by atoms with E-state index in [1.165, 1.54) is 0 Å². The number of hydrogen-bond donors (Lipinski definition) is 0. The Morgan fingerprint density at radius 3 is 2.75 bits per heavy atom. The standard InChI is InChI=1S/C20H28O4/c1-12-11-16-20(3)14(18(22)24-16)5-4-6-15(20)19(12,2)9-7-13-8-10-23-17(13)21/h5,12-13,15-16H,4,6-11H2,1-3H3/t12-,13+,15-,16-,19+,20+/m1/s1. The monoisotopic (exact) mass is 332 g/mol. The summed E-state index contributed by atoms with van der Waals surface area (Å²) in [5, 5.41) is 0. The van der Waals surface area contributed by atoms with Gasteiger partial charge in [0.05, 0.1) is 12.5 Å². The molecule has 0 aromatic carbocycles. The predicted molar refractivity (Wildman–Crippen MR) is 89.0 cm³/mol. The van der Waals surface area contributed by atoms with E-state index in [9.17, 15) is 9.59 Å². The molecule has 2 aliphatic heterocycles. The molecule has 4 aliphatic rings. The lowest BCUT2D eigenvalue weighted by atomic mass is 9.46. The average Bonchev–Trinajstić information content (AvgIpc) is 3.05. The van der Waals surface area contributed by atoms with Crippen LogP contribution in [0.3, 0.4) is 0 Å². The van der Waals surface area contributed by atoms with E-state index in [1.54, 1.807) is 0 Å². The minimum atomic E-state index is -0.146. The first-order valence-corrected chi connectivity index (χ1v) is 9.45. The van der Waals surface area contributed by atoms with Crippen LogP contribution in [0.25, 0.3) is 0 Å². The fraction of sp³-hybridized carbons (Fsp3) is 0.800. The van der Waals surface area contributed by atoms with Crippen molar-refractivity contribution in [3.05, 3.63) is 11.6 Å².